The summed E-state index contributed by atoms with van der Waals surface area (Å²) >= 11 is 0. The molecule has 47 heavy (non-hydrogen) atoms. The number of rotatable bonds is 6. The Morgan fingerprint density at radius 1 is 0.979 bits per heavy atom. The van der Waals surface area contributed by atoms with Gasteiger partial charge in [0.1, 0.15) is 17.0 Å². The van der Waals surface area contributed by atoms with Crippen LogP contribution in [0.2, 0.25) is 0 Å². The van der Waals surface area contributed by atoms with Crippen LogP contribution in [0.15, 0.2) is 33.9 Å². The predicted octanol–water partition coefficient (Wildman–Crippen LogP) is 3.80. The van der Waals surface area contributed by atoms with E-state index < -0.39 is 34.6 Å². The number of alkyl carbamates (subject to hydrolysis) is 1. The summed E-state index contributed by atoms with van der Waals surface area (Å²) in [5.41, 5.74) is -0.245. The molecule has 1 aromatic heterocycles. The highest BCUT2D eigenvalue weighted by Gasteiger charge is 2.31. The number of carbonyl (C=O) groups is 2. The van der Waals surface area contributed by atoms with E-state index in [1.165, 1.54) is 17.7 Å². The van der Waals surface area contributed by atoms with Gasteiger partial charge in [0.25, 0.3) is 5.56 Å². The van der Waals surface area contributed by atoms with E-state index in [1.54, 1.807) is 18.0 Å². The van der Waals surface area contributed by atoms with Crippen LogP contribution in [-0.2, 0) is 23.1 Å². The van der Waals surface area contributed by atoms with Crippen LogP contribution in [0.5, 0.6) is 0 Å². The van der Waals surface area contributed by atoms with Gasteiger partial charge in [-0.3, -0.25) is 13.9 Å². The highest BCUT2D eigenvalue weighted by Crippen LogP contribution is 2.27. The zero-order valence-electron chi connectivity index (χ0n) is 29.0. The number of piperidine rings is 2. The first kappa shape index (κ1) is 35.4. The maximum Gasteiger partial charge on any atom is 0.410 e. The summed E-state index contributed by atoms with van der Waals surface area (Å²) in [6.07, 6.45) is 2.28. The molecule has 0 radical (unpaired) electrons. The van der Waals surface area contributed by atoms with Gasteiger partial charge in [-0.15, -0.1) is 0 Å². The van der Waals surface area contributed by atoms with E-state index >= 15 is 0 Å². The Labute approximate surface area is 276 Å². The smallest absolute Gasteiger partial charge is 0.410 e. The number of hydrogen-bond acceptors (Lipinski definition) is 9. The lowest BCUT2D eigenvalue weighted by atomic mass is 10.0. The van der Waals surface area contributed by atoms with Crippen molar-refractivity contribution in [3.8, 4) is 6.07 Å². The fourth-order valence-corrected chi connectivity index (χ4v) is 6.02. The Morgan fingerprint density at radius 2 is 1.64 bits per heavy atom. The zero-order valence-corrected chi connectivity index (χ0v) is 29.0. The molecular weight excluding hydrogens is 602 g/mol. The SMILES string of the molecule is CN(C(=O)OC(C)(C)C)[C@@H]1CCCN(c2cc(=O)n(C)c(=O)n2Cc2cc(N3CCC[C@@H](NC(=O)OC(C)(C)C)C3)ccc2C#N)C1. The van der Waals surface area contributed by atoms with Crippen LogP contribution in [-0.4, -0.2) is 82.7 Å². The third-order valence-electron chi connectivity index (χ3n) is 8.37. The molecule has 2 amide bonds. The maximum atomic E-state index is 13.6. The number of ether oxygens (including phenoxy) is 2. The molecule has 0 spiro atoms. The summed E-state index contributed by atoms with van der Waals surface area (Å²) in [5, 5.41) is 13.0. The van der Waals surface area contributed by atoms with Gasteiger partial charge < -0.3 is 29.5 Å². The lowest BCUT2D eigenvalue weighted by Crippen LogP contribution is -2.51. The van der Waals surface area contributed by atoms with Crippen LogP contribution in [0.25, 0.3) is 0 Å². The summed E-state index contributed by atoms with van der Waals surface area (Å²) in [7, 11) is 3.14. The molecule has 256 valence electrons. The van der Waals surface area contributed by atoms with Crippen molar-refractivity contribution in [1.82, 2.24) is 19.4 Å². The summed E-state index contributed by atoms with van der Waals surface area (Å²) in [5.74, 6) is 0.439. The summed E-state index contributed by atoms with van der Waals surface area (Å²) in [6.45, 7) is 13.3. The van der Waals surface area contributed by atoms with Gasteiger partial charge in [0.2, 0.25) is 0 Å². The van der Waals surface area contributed by atoms with Gasteiger partial charge in [-0.25, -0.2) is 14.4 Å². The number of carbonyl (C=O) groups excluding carboxylic acids is 2. The first-order valence-corrected chi connectivity index (χ1v) is 16.2. The van der Waals surface area contributed by atoms with Crippen molar-refractivity contribution in [2.75, 3.05) is 43.0 Å². The molecule has 2 aliphatic heterocycles. The van der Waals surface area contributed by atoms with Crippen LogP contribution in [0.3, 0.4) is 0 Å². The molecule has 1 N–H and O–H groups in total. The minimum atomic E-state index is -0.636. The van der Waals surface area contributed by atoms with Gasteiger partial charge in [0.15, 0.2) is 0 Å². The quantitative estimate of drug-likeness (QED) is 0.494. The number of nitrogens with one attached hydrogen (secondary N) is 1. The molecule has 13 nitrogen and oxygen atoms in total. The van der Waals surface area contributed by atoms with Crippen molar-refractivity contribution in [1.29, 1.82) is 5.26 Å². The van der Waals surface area contributed by atoms with E-state index in [0.29, 0.717) is 36.6 Å². The average molecular weight is 652 g/mol. The summed E-state index contributed by atoms with van der Waals surface area (Å²) < 4.78 is 13.6. The Kier molecular flexibility index (Phi) is 10.6. The number of anilines is 2. The molecule has 2 aromatic rings. The second-order valence-electron chi connectivity index (χ2n) is 14.5. The maximum absolute atomic E-state index is 13.6. The number of aromatic nitrogens is 2. The van der Waals surface area contributed by atoms with E-state index in [4.69, 9.17) is 9.47 Å². The van der Waals surface area contributed by atoms with Crippen LogP contribution < -0.4 is 26.4 Å². The van der Waals surface area contributed by atoms with Crippen molar-refractivity contribution in [3.63, 3.8) is 0 Å². The minimum absolute atomic E-state index is 0.0650. The molecule has 3 heterocycles. The molecule has 0 saturated carbocycles. The fourth-order valence-electron chi connectivity index (χ4n) is 6.02. The first-order valence-electron chi connectivity index (χ1n) is 16.2. The van der Waals surface area contributed by atoms with Gasteiger partial charge in [0, 0.05) is 58.1 Å². The third kappa shape index (κ3) is 9.08. The number of likely N-dealkylation sites (N-methyl/N-ethyl adjacent to an activating group) is 1. The van der Waals surface area contributed by atoms with E-state index in [2.05, 4.69) is 16.3 Å². The first-order chi connectivity index (χ1) is 22.0. The third-order valence-corrected chi connectivity index (χ3v) is 8.37. The minimum Gasteiger partial charge on any atom is -0.444 e. The molecule has 0 unspecified atom stereocenters. The predicted molar refractivity (Wildman–Crippen MR) is 180 cm³/mol. The van der Waals surface area contributed by atoms with Gasteiger partial charge in [-0.2, -0.15) is 5.26 Å². The Morgan fingerprint density at radius 3 is 2.30 bits per heavy atom. The fraction of sp³-hybridized carbons (Fsp3) is 0.618. The van der Waals surface area contributed by atoms with Crippen molar-refractivity contribution in [2.24, 2.45) is 7.05 Å². The molecule has 2 atom stereocenters. The lowest BCUT2D eigenvalue weighted by molar-refractivity contribution is 0.0209. The highest BCUT2D eigenvalue weighted by atomic mass is 16.6. The number of nitriles is 1. The zero-order chi connectivity index (χ0) is 34.7. The number of hydrogen-bond donors (Lipinski definition) is 1. The molecule has 2 saturated heterocycles. The number of nitrogens with zero attached hydrogens (tertiary/aromatic N) is 6. The standard InChI is InChI=1S/C34H49N7O6/c1-33(2,3)46-30(43)36-25-11-9-15-39(21-25)26-14-13-23(19-35)24(17-26)20-41-28(18-29(42)38(8)31(41)44)40-16-10-12-27(22-40)37(7)32(45)47-34(4,5)6/h13-14,17-18,25,27H,9-12,15-16,20-22H2,1-8H3,(H,36,43)/t25-,27-/m1/s1. The van der Waals surface area contributed by atoms with Gasteiger partial charge in [0.05, 0.1) is 24.2 Å². The van der Waals surface area contributed by atoms with Gasteiger partial charge in [-0.1, -0.05) is 0 Å². The van der Waals surface area contributed by atoms with Crippen molar-refractivity contribution in [2.45, 2.75) is 97.1 Å². The van der Waals surface area contributed by atoms with Crippen LogP contribution >= 0.6 is 0 Å². The molecule has 13 heteroatoms. The number of amides is 2. The average Bonchev–Trinajstić information content (AvgIpc) is 2.99. The Hall–Kier alpha value is -4.47. The van der Waals surface area contributed by atoms with Gasteiger partial charge >= 0.3 is 17.9 Å². The normalized spacial score (nSPS) is 18.7. The van der Waals surface area contributed by atoms with E-state index in [0.717, 1.165) is 42.5 Å². The van der Waals surface area contributed by atoms with Gasteiger partial charge in [-0.05, 0) is 91.0 Å². The highest BCUT2D eigenvalue weighted by molar-refractivity contribution is 5.69. The van der Waals surface area contributed by atoms with Crippen molar-refractivity contribution < 1.29 is 19.1 Å². The summed E-state index contributed by atoms with van der Waals surface area (Å²) in [4.78, 5) is 57.5. The van der Waals surface area contributed by atoms with Crippen molar-refractivity contribution >= 4 is 23.7 Å². The molecule has 1 aromatic carbocycles. The topological polar surface area (TPSA) is 142 Å². The van der Waals surface area contributed by atoms with E-state index in [-0.39, 0.29) is 18.6 Å². The molecule has 2 aliphatic rings. The lowest BCUT2D eigenvalue weighted by Gasteiger charge is -2.39. The van der Waals surface area contributed by atoms with Crippen LogP contribution in [0, 0.1) is 11.3 Å². The molecule has 2 fully saturated rings. The number of benzene rings is 1. The second kappa shape index (κ2) is 14.1. The molecule has 0 bridgehead atoms. The molecular formula is C34H49N7O6. The van der Waals surface area contributed by atoms with Crippen LogP contribution in [0.4, 0.5) is 21.1 Å². The molecule has 0 aliphatic carbocycles. The summed E-state index contributed by atoms with van der Waals surface area (Å²) in [6, 6.07) is 8.93. The van der Waals surface area contributed by atoms with Crippen LogP contribution in [0.1, 0.15) is 78.4 Å². The van der Waals surface area contributed by atoms with E-state index in [1.807, 2.05) is 58.6 Å². The Bertz CT molecular complexity index is 1630. The monoisotopic (exact) mass is 651 g/mol. The molecule has 4 rings (SSSR count). The Balaban J connectivity index is 1.61. The van der Waals surface area contributed by atoms with Crippen molar-refractivity contribution in [3.05, 3.63) is 56.2 Å². The van der Waals surface area contributed by atoms with E-state index in [9.17, 15) is 24.4 Å². The second-order valence-corrected chi connectivity index (χ2v) is 14.5. The largest absolute Gasteiger partial charge is 0.444 e.